The molecular weight excluding hydrogens is 222 g/mol. The van der Waals surface area contributed by atoms with Gasteiger partial charge in [-0.3, -0.25) is 4.79 Å². The maximum Gasteiger partial charge on any atom is 0.159 e. The van der Waals surface area contributed by atoms with Crippen molar-refractivity contribution in [2.45, 2.75) is 20.4 Å². The molecule has 2 heteroatoms. The first kappa shape index (κ1) is 11.0. The van der Waals surface area contributed by atoms with Crippen molar-refractivity contribution in [2.24, 2.45) is 0 Å². The van der Waals surface area contributed by atoms with Crippen molar-refractivity contribution in [1.29, 1.82) is 0 Å². The summed E-state index contributed by atoms with van der Waals surface area (Å²) in [5.41, 5.74) is 3.21. The first-order chi connectivity index (χ1) is 8.72. The smallest absolute Gasteiger partial charge is 0.159 e. The van der Waals surface area contributed by atoms with Gasteiger partial charge in [0.2, 0.25) is 0 Å². The van der Waals surface area contributed by atoms with E-state index < -0.39 is 0 Å². The number of carbonyl (C=O) groups is 1. The van der Waals surface area contributed by atoms with Crippen LogP contribution in [0.2, 0.25) is 0 Å². The van der Waals surface area contributed by atoms with Crippen LogP contribution in [0.5, 0.6) is 0 Å². The molecule has 0 aliphatic heterocycles. The van der Waals surface area contributed by atoms with Crippen molar-refractivity contribution in [3.63, 3.8) is 0 Å². The molecule has 0 aliphatic rings. The number of nitrogens with zero attached hydrogens (tertiary/aromatic N) is 1. The highest BCUT2D eigenvalue weighted by molar-refractivity contribution is 6.10. The van der Waals surface area contributed by atoms with Crippen molar-refractivity contribution in [2.75, 3.05) is 0 Å². The first-order valence-corrected chi connectivity index (χ1v) is 6.24. The highest BCUT2D eigenvalue weighted by Gasteiger charge is 2.10. The summed E-state index contributed by atoms with van der Waals surface area (Å²) in [6.45, 7) is 4.69. The molecule has 0 N–H and O–H groups in total. The van der Waals surface area contributed by atoms with Crippen LogP contribution in [0.15, 0.2) is 42.5 Å². The molecule has 0 saturated heterocycles. The topological polar surface area (TPSA) is 22.0 Å². The summed E-state index contributed by atoms with van der Waals surface area (Å²) >= 11 is 0. The molecule has 1 heterocycles. The van der Waals surface area contributed by atoms with Gasteiger partial charge in [0.1, 0.15) is 0 Å². The molecule has 2 nitrogen and oxygen atoms in total. The average molecular weight is 237 g/mol. The second kappa shape index (κ2) is 3.98. The van der Waals surface area contributed by atoms with Crippen LogP contribution in [0, 0.1) is 0 Å². The molecule has 0 bridgehead atoms. The number of hydrogen-bond donors (Lipinski definition) is 0. The lowest BCUT2D eigenvalue weighted by Crippen LogP contribution is -1.94. The number of carbonyl (C=O) groups excluding carboxylic acids is 1. The van der Waals surface area contributed by atoms with E-state index in [4.69, 9.17) is 0 Å². The predicted octanol–water partition coefficient (Wildman–Crippen LogP) is 4.02. The van der Waals surface area contributed by atoms with E-state index in [1.807, 2.05) is 18.2 Å². The fourth-order valence-electron chi connectivity index (χ4n) is 2.61. The minimum absolute atomic E-state index is 0.116. The Morgan fingerprint density at radius 1 is 1.06 bits per heavy atom. The molecule has 3 aromatic rings. The Bertz CT molecular complexity index is 752. The Labute approximate surface area is 106 Å². The van der Waals surface area contributed by atoms with E-state index in [0.717, 1.165) is 12.1 Å². The number of aromatic nitrogens is 1. The molecule has 90 valence electrons. The lowest BCUT2D eigenvalue weighted by atomic mass is 10.1. The van der Waals surface area contributed by atoms with E-state index in [1.54, 1.807) is 6.92 Å². The van der Waals surface area contributed by atoms with Gasteiger partial charge in [-0.15, -0.1) is 0 Å². The van der Waals surface area contributed by atoms with Crippen LogP contribution in [0.4, 0.5) is 0 Å². The molecule has 0 spiro atoms. The van der Waals surface area contributed by atoms with Crippen LogP contribution >= 0.6 is 0 Å². The van der Waals surface area contributed by atoms with E-state index in [0.29, 0.717) is 0 Å². The van der Waals surface area contributed by atoms with E-state index in [-0.39, 0.29) is 5.78 Å². The molecule has 18 heavy (non-hydrogen) atoms. The molecule has 0 saturated carbocycles. The Balaban J connectivity index is 2.48. The van der Waals surface area contributed by atoms with Gasteiger partial charge in [-0.2, -0.15) is 0 Å². The van der Waals surface area contributed by atoms with E-state index in [9.17, 15) is 4.79 Å². The molecule has 1 aromatic heterocycles. The lowest BCUT2D eigenvalue weighted by Gasteiger charge is -2.02. The number of fused-ring (bicyclic) bond motifs is 3. The summed E-state index contributed by atoms with van der Waals surface area (Å²) in [6, 6.07) is 14.3. The van der Waals surface area contributed by atoms with Crippen LogP contribution in [0.1, 0.15) is 24.2 Å². The monoisotopic (exact) mass is 237 g/mol. The number of Topliss-reactive ketones (excluding diaryl/α,β-unsaturated/α-hetero) is 1. The van der Waals surface area contributed by atoms with Gasteiger partial charge in [-0.25, -0.2) is 0 Å². The number of aryl methyl sites for hydroxylation is 1. The Hall–Kier alpha value is -2.09. The minimum Gasteiger partial charge on any atom is -0.341 e. The van der Waals surface area contributed by atoms with Crippen molar-refractivity contribution >= 4 is 27.6 Å². The quantitative estimate of drug-likeness (QED) is 0.617. The standard InChI is InChI=1S/C16H15NO/c1-3-17-15-7-5-4-6-13(15)14-10-12(11(2)18)8-9-16(14)17/h4-10H,3H2,1-2H3. The van der Waals surface area contributed by atoms with Gasteiger partial charge in [0.25, 0.3) is 0 Å². The summed E-state index contributed by atoms with van der Waals surface area (Å²) in [6.07, 6.45) is 0. The van der Waals surface area contributed by atoms with Crippen molar-refractivity contribution in [3.8, 4) is 0 Å². The largest absolute Gasteiger partial charge is 0.341 e. The van der Waals surface area contributed by atoms with Crippen molar-refractivity contribution in [1.82, 2.24) is 4.57 Å². The fraction of sp³-hybridized carbons (Fsp3) is 0.188. The molecule has 2 aromatic carbocycles. The molecule has 0 atom stereocenters. The summed E-state index contributed by atoms with van der Waals surface area (Å²) in [5, 5.41) is 2.39. The third-order valence-electron chi connectivity index (χ3n) is 3.50. The van der Waals surface area contributed by atoms with E-state index in [2.05, 4.69) is 35.8 Å². The third-order valence-corrected chi connectivity index (χ3v) is 3.50. The summed E-state index contributed by atoms with van der Waals surface area (Å²) in [4.78, 5) is 11.5. The Morgan fingerprint density at radius 2 is 1.78 bits per heavy atom. The van der Waals surface area contributed by atoms with E-state index >= 15 is 0 Å². The van der Waals surface area contributed by atoms with Gasteiger partial charge in [-0.05, 0) is 38.1 Å². The highest BCUT2D eigenvalue weighted by atomic mass is 16.1. The highest BCUT2D eigenvalue weighted by Crippen LogP contribution is 2.29. The van der Waals surface area contributed by atoms with Gasteiger partial charge in [0.15, 0.2) is 5.78 Å². The predicted molar refractivity (Wildman–Crippen MR) is 75.1 cm³/mol. The zero-order valence-corrected chi connectivity index (χ0v) is 10.6. The Morgan fingerprint density at radius 3 is 2.50 bits per heavy atom. The van der Waals surface area contributed by atoms with Gasteiger partial charge in [0.05, 0.1) is 0 Å². The fourth-order valence-corrected chi connectivity index (χ4v) is 2.61. The van der Waals surface area contributed by atoms with Crippen LogP contribution < -0.4 is 0 Å². The molecule has 3 rings (SSSR count). The van der Waals surface area contributed by atoms with E-state index in [1.165, 1.54) is 21.8 Å². The SMILES string of the molecule is CCn1c2ccccc2c2cc(C(C)=O)ccc21. The summed E-state index contributed by atoms with van der Waals surface area (Å²) < 4.78 is 2.29. The molecule has 0 fully saturated rings. The normalized spacial score (nSPS) is 11.2. The van der Waals surface area contributed by atoms with Crippen molar-refractivity contribution in [3.05, 3.63) is 48.0 Å². The van der Waals surface area contributed by atoms with Crippen LogP contribution in [-0.2, 0) is 6.54 Å². The zero-order valence-electron chi connectivity index (χ0n) is 10.6. The molecule has 0 unspecified atom stereocenters. The second-order valence-corrected chi connectivity index (χ2v) is 4.55. The average Bonchev–Trinajstić information content (AvgIpc) is 2.71. The molecular formula is C16H15NO. The number of para-hydroxylation sites is 1. The molecule has 0 amide bonds. The minimum atomic E-state index is 0.116. The summed E-state index contributed by atoms with van der Waals surface area (Å²) in [7, 11) is 0. The van der Waals surface area contributed by atoms with Crippen LogP contribution in [0.25, 0.3) is 21.8 Å². The lowest BCUT2D eigenvalue weighted by molar-refractivity contribution is 0.101. The number of benzene rings is 2. The van der Waals surface area contributed by atoms with Gasteiger partial charge < -0.3 is 4.57 Å². The third kappa shape index (κ3) is 1.46. The molecule has 0 aliphatic carbocycles. The summed E-state index contributed by atoms with van der Waals surface area (Å²) in [5.74, 6) is 0.116. The maximum absolute atomic E-state index is 11.5. The maximum atomic E-state index is 11.5. The number of rotatable bonds is 2. The number of hydrogen-bond acceptors (Lipinski definition) is 1. The van der Waals surface area contributed by atoms with Crippen molar-refractivity contribution < 1.29 is 4.79 Å². The number of ketones is 1. The molecule has 0 radical (unpaired) electrons. The Kier molecular flexibility index (Phi) is 2.44. The van der Waals surface area contributed by atoms with Crippen LogP contribution in [0.3, 0.4) is 0 Å². The van der Waals surface area contributed by atoms with Gasteiger partial charge in [-0.1, -0.05) is 18.2 Å². The van der Waals surface area contributed by atoms with Gasteiger partial charge in [0, 0.05) is 33.9 Å². The first-order valence-electron chi connectivity index (χ1n) is 6.24. The zero-order chi connectivity index (χ0) is 12.7. The van der Waals surface area contributed by atoms with Gasteiger partial charge >= 0.3 is 0 Å². The second-order valence-electron chi connectivity index (χ2n) is 4.55. The van der Waals surface area contributed by atoms with Crippen LogP contribution in [-0.4, -0.2) is 10.4 Å².